The predicted octanol–water partition coefficient (Wildman–Crippen LogP) is 1.71. The van der Waals surface area contributed by atoms with Crippen molar-refractivity contribution in [3.63, 3.8) is 0 Å². The second-order valence-electron chi connectivity index (χ2n) is 6.74. The highest BCUT2D eigenvalue weighted by Gasteiger charge is 2.19. The number of ether oxygens (including phenoxy) is 3. The minimum atomic E-state index is -3.65. The normalized spacial score (nSPS) is 13.0. The van der Waals surface area contributed by atoms with Crippen LogP contribution >= 0.6 is 0 Å². The lowest BCUT2D eigenvalue weighted by Crippen LogP contribution is -2.34. The third-order valence-electron chi connectivity index (χ3n) is 4.65. The van der Waals surface area contributed by atoms with Crippen molar-refractivity contribution in [2.24, 2.45) is 0 Å². The van der Waals surface area contributed by atoms with E-state index in [0.717, 1.165) is 0 Å². The zero-order chi connectivity index (χ0) is 22.0. The molecular formula is C20H30N2O7S. The molecule has 1 aliphatic heterocycles. The van der Waals surface area contributed by atoms with Crippen LogP contribution in [0.3, 0.4) is 0 Å². The lowest BCUT2D eigenvalue weighted by Gasteiger charge is -2.19. The topological polar surface area (TPSA) is 111 Å². The van der Waals surface area contributed by atoms with Crippen LogP contribution < -0.4 is 14.2 Å². The molecule has 1 aromatic rings. The van der Waals surface area contributed by atoms with Crippen LogP contribution in [-0.4, -0.2) is 64.6 Å². The quantitative estimate of drug-likeness (QED) is 0.387. The van der Waals surface area contributed by atoms with Crippen molar-refractivity contribution in [2.45, 2.75) is 44.4 Å². The summed E-state index contributed by atoms with van der Waals surface area (Å²) in [5, 5.41) is 0. The Bertz CT molecular complexity index is 822. The van der Waals surface area contributed by atoms with Crippen LogP contribution in [0.5, 0.6) is 11.5 Å². The number of unbranched alkanes of at least 4 members (excludes halogenated alkanes) is 2. The predicted molar refractivity (Wildman–Crippen MR) is 110 cm³/mol. The number of hydrogen-bond donors (Lipinski definition) is 1. The molecule has 0 unspecified atom stereocenters. The number of sulfonamides is 1. The molecule has 9 nitrogen and oxygen atoms in total. The Balaban J connectivity index is 1.64. The van der Waals surface area contributed by atoms with Crippen molar-refractivity contribution in [3.8, 4) is 11.5 Å². The van der Waals surface area contributed by atoms with Crippen LogP contribution in [-0.2, 0) is 24.3 Å². The number of fused-ring (bicyclic) bond motifs is 1. The van der Waals surface area contributed by atoms with E-state index in [2.05, 4.69) is 4.72 Å². The van der Waals surface area contributed by atoms with E-state index in [9.17, 15) is 18.0 Å². The fourth-order valence-electron chi connectivity index (χ4n) is 2.93. The third-order valence-corrected chi connectivity index (χ3v) is 6.11. The van der Waals surface area contributed by atoms with E-state index in [1.54, 1.807) is 11.0 Å². The number of carbonyl (C=O) groups is 2. The number of likely N-dealkylation sites (N-methyl/N-ethyl adjacent to an activating group) is 1. The maximum Gasteiger partial charge on any atom is 0.306 e. The second-order valence-corrected chi connectivity index (χ2v) is 8.51. The van der Waals surface area contributed by atoms with Crippen LogP contribution in [0.15, 0.2) is 23.1 Å². The maximum atomic E-state index is 12.4. The van der Waals surface area contributed by atoms with E-state index in [4.69, 9.17) is 14.2 Å². The first kappa shape index (κ1) is 23.9. The molecule has 0 aromatic heterocycles. The second kappa shape index (κ2) is 11.8. The van der Waals surface area contributed by atoms with Crippen molar-refractivity contribution in [1.82, 2.24) is 9.62 Å². The van der Waals surface area contributed by atoms with Gasteiger partial charge in [-0.1, -0.05) is 6.42 Å². The fraction of sp³-hybridized carbons (Fsp3) is 0.600. The van der Waals surface area contributed by atoms with Gasteiger partial charge in [0.25, 0.3) is 5.91 Å². The van der Waals surface area contributed by atoms with Gasteiger partial charge in [-0.2, -0.15) is 0 Å². The van der Waals surface area contributed by atoms with E-state index in [-0.39, 0.29) is 30.4 Å². The summed E-state index contributed by atoms with van der Waals surface area (Å²) in [5.74, 6) is 0.322. The SMILES string of the molecule is CCN(CC)C(=O)COC(=O)CCCCCNS(=O)(=O)c1ccc2c(c1)OCCO2. The smallest absolute Gasteiger partial charge is 0.306 e. The summed E-state index contributed by atoms with van der Waals surface area (Å²) in [7, 11) is -3.65. The maximum absolute atomic E-state index is 12.4. The standard InChI is InChI=1S/C20H30N2O7S/c1-3-22(4-2)19(23)15-29-20(24)8-6-5-7-11-21-30(25,26)16-9-10-17-18(14-16)28-13-12-27-17/h9-10,14,21H,3-8,11-13,15H2,1-2H3. The molecule has 0 fully saturated rings. The number of hydrogen-bond acceptors (Lipinski definition) is 7. The van der Waals surface area contributed by atoms with Gasteiger partial charge in [0, 0.05) is 32.1 Å². The lowest BCUT2D eigenvalue weighted by molar-refractivity contribution is -0.152. The third kappa shape index (κ3) is 7.17. The van der Waals surface area contributed by atoms with Gasteiger partial charge in [-0.05, 0) is 38.8 Å². The van der Waals surface area contributed by atoms with Gasteiger partial charge in [-0.3, -0.25) is 9.59 Å². The van der Waals surface area contributed by atoms with E-state index in [0.29, 0.717) is 57.1 Å². The summed E-state index contributed by atoms with van der Waals surface area (Å²) in [5.41, 5.74) is 0. The van der Waals surface area contributed by atoms with E-state index >= 15 is 0 Å². The Morgan fingerprint density at radius 2 is 1.77 bits per heavy atom. The highest BCUT2D eigenvalue weighted by atomic mass is 32.2. The Kier molecular flexibility index (Phi) is 9.38. The summed E-state index contributed by atoms with van der Waals surface area (Å²) in [6, 6.07) is 4.51. The number of amides is 1. The Morgan fingerprint density at radius 3 is 2.47 bits per heavy atom. The van der Waals surface area contributed by atoms with Gasteiger partial charge in [0.2, 0.25) is 10.0 Å². The van der Waals surface area contributed by atoms with E-state index < -0.39 is 16.0 Å². The molecule has 30 heavy (non-hydrogen) atoms. The zero-order valence-corrected chi connectivity index (χ0v) is 18.3. The summed E-state index contributed by atoms with van der Waals surface area (Å²) in [6.07, 6.45) is 1.99. The van der Waals surface area contributed by atoms with Crippen LogP contribution in [0.1, 0.15) is 39.5 Å². The van der Waals surface area contributed by atoms with Crippen molar-refractivity contribution < 1.29 is 32.2 Å². The number of benzene rings is 1. The molecule has 0 aliphatic carbocycles. The first-order chi connectivity index (χ1) is 14.4. The number of nitrogens with one attached hydrogen (secondary N) is 1. The van der Waals surface area contributed by atoms with Crippen LogP contribution in [0.25, 0.3) is 0 Å². The van der Waals surface area contributed by atoms with Crippen molar-refractivity contribution in [3.05, 3.63) is 18.2 Å². The monoisotopic (exact) mass is 442 g/mol. The molecule has 0 saturated carbocycles. The largest absolute Gasteiger partial charge is 0.486 e. The van der Waals surface area contributed by atoms with Gasteiger partial charge in [0.1, 0.15) is 13.2 Å². The van der Waals surface area contributed by atoms with Gasteiger partial charge < -0.3 is 19.1 Å². The van der Waals surface area contributed by atoms with Crippen LogP contribution in [0.4, 0.5) is 0 Å². The highest BCUT2D eigenvalue weighted by molar-refractivity contribution is 7.89. The molecule has 1 heterocycles. The number of carbonyl (C=O) groups excluding carboxylic acids is 2. The Labute approximate surface area is 177 Å². The van der Waals surface area contributed by atoms with Gasteiger partial charge in [0.05, 0.1) is 4.90 Å². The molecule has 0 radical (unpaired) electrons. The van der Waals surface area contributed by atoms with Gasteiger partial charge in [-0.25, -0.2) is 13.1 Å². The number of esters is 1. The van der Waals surface area contributed by atoms with Gasteiger partial charge >= 0.3 is 5.97 Å². The minimum Gasteiger partial charge on any atom is -0.486 e. The van der Waals surface area contributed by atoms with Crippen molar-refractivity contribution in [2.75, 3.05) is 39.5 Å². The van der Waals surface area contributed by atoms with Crippen molar-refractivity contribution in [1.29, 1.82) is 0 Å². The lowest BCUT2D eigenvalue weighted by atomic mass is 10.2. The molecule has 1 aromatic carbocycles. The fourth-order valence-corrected chi connectivity index (χ4v) is 4.02. The molecule has 168 valence electrons. The molecule has 0 saturated heterocycles. The molecular weight excluding hydrogens is 412 g/mol. The Morgan fingerprint density at radius 1 is 1.07 bits per heavy atom. The van der Waals surface area contributed by atoms with Gasteiger partial charge in [-0.15, -0.1) is 0 Å². The number of nitrogens with zero attached hydrogens (tertiary/aromatic N) is 1. The molecule has 0 bridgehead atoms. The first-order valence-corrected chi connectivity index (χ1v) is 11.7. The molecule has 0 spiro atoms. The molecule has 2 rings (SSSR count). The molecule has 1 aliphatic rings. The molecule has 1 N–H and O–H groups in total. The highest BCUT2D eigenvalue weighted by Crippen LogP contribution is 2.32. The van der Waals surface area contributed by atoms with Gasteiger partial charge in [0.15, 0.2) is 18.1 Å². The first-order valence-electron chi connectivity index (χ1n) is 10.2. The summed E-state index contributed by atoms with van der Waals surface area (Å²) in [4.78, 5) is 25.2. The van der Waals surface area contributed by atoms with Crippen molar-refractivity contribution >= 4 is 21.9 Å². The molecule has 1 amide bonds. The molecule has 10 heteroatoms. The summed E-state index contributed by atoms with van der Waals surface area (Å²) in [6.45, 7) is 5.73. The van der Waals surface area contributed by atoms with E-state index in [1.165, 1.54) is 12.1 Å². The average Bonchev–Trinajstić information content (AvgIpc) is 2.75. The average molecular weight is 443 g/mol. The Hall–Kier alpha value is -2.33. The molecule has 0 atom stereocenters. The summed E-state index contributed by atoms with van der Waals surface area (Å²) >= 11 is 0. The minimum absolute atomic E-state index is 0.119. The number of rotatable bonds is 12. The van der Waals surface area contributed by atoms with Crippen LogP contribution in [0.2, 0.25) is 0 Å². The van der Waals surface area contributed by atoms with E-state index in [1.807, 2.05) is 13.8 Å². The summed E-state index contributed by atoms with van der Waals surface area (Å²) < 4.78 is 43.1. The zero-order valence-electron chi connectivity index (χ0n) is 17.5. The van der Waals surface area contributed by atoms with Crippen LogP contribution in [0, 0.1) is 0 Å².